The highest BCUT2D eigenvalue weighted by Crippen LogP contribution is 2.37. The molecule has 2 fully saturated rings. The Kier molecular flexibility index (Phi) is 7.28. The molecule has 1 saturated carbocycles. The van der Waals surface area contributed by atoms with E-state index < -0.39 is 18.6 Å². The molecule has 7 nitrogen and oxygen atoms in total. The third-order valence-corrected chi connectivity index (χ3v) is 7.58. The Balaban J connectivity index is 1.49. The van der Waals surface area contributed by atoms with Crippen LogP contribution in [0.25, 0.3) is 10.9 Å². The molecule has 2 aromatic carbocycles. The van der Waals surface area contributed by atoms with E-state index in [1.807, 2.05) is 36.2 Å². The number of benzene rings is 2. The number of carboxylic acid groups (broad SMARTS) is 1. The van der Waals surface area contributed by atoms with Gasteiger partial charge in [-0.15, -0.1) is 0 Å². The third kappa shape index (κ3) is 5.76. The van der Waals surface area contributed by atoms with Crippen LogP contribution in [0.3, 0.4) is 0 Å². The molecule has 3 aromatic rings. The van der Waals surface area contributed by atoms with Gasteiger partial charge >= 0.3 is 12.1 Å². The van der Waals surface area contributed by atoms with Gasteiger partial charge in [0.1, 0.15) is 5.75 Å². The van der Waals surface area contributed by atoms with Crippen molar-refractivity contribution in [2.45, 2.75) is 51.0 Å². The minimum Gasteiger partial charge on any atom is -0.496 e. The molecule has 3 N–H and O–H groups in total. The second-order valence-electron chi connectivity index (χ2n) is 10.3. The van der Waals surface area contributed by atoms with Crippen LogP contribution in [0.1, 0.15) is 52.4 Å². The summed E-state index contributed by atoms with van der Waals surface area (Å²) in [4.78, 5) is 19.3. The van der Waals surface area contributed by atoms with Crippen molar-refractivity contribution in [1.29, 1.82) is 0 Å². The van der Waals surface area contributed by atoms with E-state index in [0.29, 0.717) is 31.9 Å². The number of hydrogen-bond acceptors (Lipinski definition) is 5. The van der Waals surface area contributed by atoms with Gasteiger partial charge in [0.2, 0.25) is 0 Å². The number of rotatable bonds is 9. The van der Waals surface area contributed by atoms with E-state index in [1.54, 1.807) is 19.2 Å². The van der Waals surface area contributed by atoms with Gasteiger partial charge in [-0.2, -0.15) is 13.2 Å². The Hall–Kier alpha value is -3.24. The number of piperazine rings is 1. The average molecular weight is 531 g/mol. The summed E-state index contributed by atoms with van der Waals surface area (Å²) in [5, 5.41) is 14.1. The van der Waals surface area contributed by atoms with Crippen LogP contribution < -0.4 is 10.1 Å². The van der Waals surface area contributed by atoms with Crippen LogP contribution in [0.15, 0.2) is 36.5 Å². The molecule has 0 unspecified atom stereocenters. The molecular weight excluding hydrogens is 497 g/mol. The number of carboxylic acids is 1. The topological polar surface area (TPSA) is 80.8 Å². The lowest BCUT2D eigenvalue weighted by molar-refractivity contribution is -0.139. The van der Waals surface area contributed by atoms with Crippen molar-refractivity contribution in [3.63, 3.8) is 0 Å². The molecule has 0 radical (unpaired) electrons. The number of ether oxygens (including phenoxy) is 1. The number of fused-ring (bicyclic) bond motifs is 1. The lowest BCUT2D eigenvalue weighted by Crippen LogP contribution is -2.48. The number of carbonyl (C=O) groups is 1. The minimum absolute atomic E-state index is 0.0653. The van der Waals surface area contributed by atoms with Gasteiger partial charge in [-0.05, 0) is 55.2 Å². The SMILES string of the molecule is COc1cc(C)c2[nH]ccc2c1CN1CCN(CCC(F)(F)F)C[C@@H]1c1ccc(C(=O)O)c(NC2CC2)c1. The van der Waals surface area contributed by atoms with Crippen LogP contribution >= 0.6 is 0 Å². The zero-order valence-corrected chi connectivity index (χ0v) is 21.6. The molecule has 1 aliphatic heterocycles. The lowest BCUT2D eigenvalue weighted by atomic mass is 9.97. The molecule has 0 amide bonds. The van der Waals surface area contributed by atoms with E-state index in [2.05, 4.69) is 15.2 Å². The van der Waals surface area contributed by atoms with Gasteiger partial charge < -0.3 is 20.1 Å². The van der Waals surface area contributed by atoms with Gasteiger partial charge in [-0.1, -0.05) is 6.07 Å². The number of H-pyrrole nitrogens is 1. The van der Waals surface area contributed by atoms with Crippen molar-refractivity contribution < 1.29 is 27.8 Å². The molecule has 0 bridgehead atoms. The van der Waals surface area contributed by atoms with Crippen LogP contribution in [0.4, 0.5) is 18.9 Å². The molecule has 0 spiro atoms. The number of halogens is 3. The molecular formula is C28H33F3N4O3. The number of alkyl halides is 3. The fourth-order valence-electron chi connectivity index (χ4n) is 5.38. The van der Waals surface area contributed by atoms with Crippen molar-refractivity contribution in [3.8, 4) is 5.75 Å². The summed E-state index contributed by atoms with van der Waals surface area (Å²) in [6.07, 6.45) is -1.20. The maximum absolute atomic E-state index is 13.0. The van der Waals surface area contributed by atoms with E-state index in [1.165, 1.54) is 0 Å². The normalized spacial score (nSPS) is 19.1. The summed E-state index contributed by atoms with van der Waals surface area (Å²) in [7, 11) is 1.64. The largest absolute Gasteiger partial charge is 0.496 e. The Bertz CT molecular complexity index is 1320. The van der Waals surface area contributed by atoms with Crippen LogP contribution in [-0.2, 0) is 6.54 Å². The molecule has 1 atom stereocenters. The molecule has 38 heavy (non-hydrogen) atoms. The monoisotopic (exact) mass is 530 g/mol. The molecule has 1 aliphatic carbocycles. The summed E-state index contributed by atoms with van der Waals surface area (Å²) in [5.41, 5.74) is 4.76. The van der Waals surface area contributed by atoms with Crippen molar-refractivity contribution in [1.82, 2.24) is 14.8 Å². The number of nitrogens with one attached hydrogen (secondary N) is 2. The highest BCUT2D eigenvalue weighted by atomic mass is 19.4. The van der Waals surface area contributed by atoms with Crippen molar-refractivity contribution in [3.05, 3.63) is 58.8 Å². The number of aromatic carboxylic acids is 1. The molecule has 1 saturated heterocycles. The highest BCUT2D eigenvalue weighted by Gasteiger charge is 2.34. The Morgan fingerprint density at radius 2 is 2.00 bits per heavy atom. The third-order valence-electron chi connectivity index (χ3n) is 7.58. The van der Waals surface area contributed by atoms with Gasteiger partial charge in [-0.3, -0.25) is 9.80 Å². The Morgan fingerprint density at radius 1 is 1.21 bits per heavy atom. The predicted molar refractivity (Wildman–Crippen MR) is 140 cm³/mol. The number of aromatic amines is 1. The number of nitrogens with zero attached hydrogens (tertiary/aromatic N) is 2. The van der Waals surface area contributed by atoms with E-state index in [0.717, 1.165) is 46.2 Å². The highest BCUT2D eigenvalue weighted by molar-refractivity contribution is 5.94. The van der Waals surface area contributed by atoms with Crippen LogP contribution in [-0.4, -0.2) is 71.4 Å². The van der Waals surface area contributed by atoms with Crippen molar-refractivity contribution >= 4 is 22.6 Å². The second kappa shape index (κ2) is 10.5. The van der Waals surface area contributed by atoms with Gasteiger partial charge in [-0.25, -0.2) is 4.79 Å². The summed E-state index contributed by atoms with van der Waals surface area (Å²) in [6, 6.07) is 9.32. The van der Waals surface area contributed by atoms with E-state index >= 15 is 0 Å². The first-order valence-electron chi connectivity index (χ1n) is 12.9. The molecule has 2 aliphatic rings. The zero-order valence-electron chi connectivity index (χ0n) is 21.6. The van der Waals surface area contributed by atoms with E-state index in [9.17, 15) is 23.1 Å². The number of aromatic nitrogens is 1. The van der Waals surface area contributed by atoms with Crippen LogP contribution in [0, 0.1) is 6.92 Å². The Morgan fingerprint density at radius 3 is 2.68 bits per heavy atom. The maximum atomic E-state index is 13.0. The molecule has 5 rings (SSSR count). The van der Waals surface area contributed by atoms with Crippen LogP contribution in [0.5, 0.6) is 5.75 Å². The van der Waals surface area contributed by atoms with E-state index in [-0.39, 0.29) is 24.2 Å². The number of methoxy groups -OCH3 is 1. The summed E-state index contributed by atoms with van der Waals surface area (Å²) in [5.74, 6) is -0.239. The Labute approximate surface area is 219 Å². The summed E-state index contributed by atoms with van der Waals surface area (Å²) < 4.78 is 44.8. The lowest BCUT2D eigenvalue weighted by Gasteiger charge is -2.42. The maximum Gasteiger partial charge on any atom is 0.390 e. The number of anilines is 1. The zero-order chi connectivity index (χ0) is 27.0. The standard InChI is InChI=1S/C28H33F3N4O3/c1-17-13-25(38-2)22(20-7-9-32-26(17)20)15-35-12-11-34(10-8-28(29,30)31)16-24(35)18-3-6-21(27(36)37)23(14-18)33-19-4-5-19/h3,6-7,9,13-14,19,24,32-33H,4-5,8,10-12,15-16H2,1-2H3,(H,36,37)/t24-/m1/s1. The van der Waals surface area contributed by atoms with Crippen molar-refractivity contribution in [2.75, 3.05) is 38.6 Å². The predicted octanol–water partition coefficient (Wildman–Crippen LogP) is 5.57. The fraction of sp³-hybridized carbons (Fsp3) is 0.464. The summed E-state index contributed by atoms with van der Waals surface area (Å²) in [6.45, 7) is 3.99. The number of aryl methyl sites for hydroxylation is 1. The average Bonchev–Trinajstić information content (AvgIpc) is 3.54. The molecule has 1 aromatic heterocycles. The van der Waals surface area contributed by atoms with Gasteiger partial charge in [0.25, 0.3) is 0 Å². The second-order valence-corrected chi connectivity index (χ2v) is 10.3. The first-order chi connectivity index (χ1) is 18.1. The summed E-state index contributed by atoms with van der Waals surface area (Å²) >= 11 is 0. The van der Waals surface area contributed by atoms with Gasteiger partial charge in [0.15, 0.2) is 0 Å². The number of hydrogen-bond donors (Lipinski definition) is 3. The minimum atomic E-state index is -4.22. The van der Waals surface area contributed by atoms with Crippen molar-refractivity contribution in [2.24, 2.45) is 0 Å². The van der Waals surface area contributed by atoms with E-state index in [4.69, 9.17) is 4.74 Å². The van der Waals surface area contributed by atoms with Gasteiger partial charge in [0.05, 0.1) is 19.1 Å². The molecule has 10 heteroatoms. The quantitative estimate of drug-likeness (QED) is 0.336. The molecule has 204 valence electrons. The first-order valence-corrected chi connectivity index (χ1v) is 12.9. The fourth-order valence-corrected chi connectivity index (χ4v) is 5.38. The first kappa shape index (κ1) is 26.4. The van der Waals surface area contributed by atoms with Crippen LogP contribution in [0.2, 0.25) is 0 Å². The van der Waals surface area contributed by atoms with Gasteiger partial charge in [0, 0.05) is 73.2 Å². The molecule has 2 heterocycles. The smallest absolute Gasteiger partial charge is 0.390 e.